The van der Waals surface area contributed by atoms with E-state index in [-0.39, 0.29) is 6.10 Å². The van der Waals surface area contributed by atoms with Crippen LogP contribution in [0.15, 0.2) is 24.3 Å². The minimum absolute atomic E-state index is 0.125. The average Bonchev–Trinajstić information content (AvgIpc) is 2.43. The van der Waals surface area contributed by atoms with Crippen molar-refractivity contribution in [2.24, 2.45) is 0 Å². The van der Waals surface area contributed by atoms with Crippen LogP contribution in [0.5, 0.6) is 11.5 Å². The van der Waals surface area contributed by atoms with Crippen molar-refractivity contribution in [1.29, 1.82) is 0 Å². The van der Waals surface area contributed by atoms with E-state index in [9.17, 15) is 0 Å². The Bertz CT molecular complexity index is 354. The molecule has 2 unspecified atom stereocenters. The van der Waals surface area contributed by atoms with Crippen LogP contribution in [0.3, 0.4) is 0 Å². The lowest BCUT2D eigenvalue weighted by molar-refractivity contribution is 0.197. The number of rotatable bonds is 9. The van der Waals surface area contributed by atoms with Gasteiger partial charge >= 0.3 is 0 Å². The van der Waals surface area contributed by atoms with Crippen LogP contribution in [0.4, 0.5) is 0 Å². The molecule has 108 valence electrons. The van der Waals surface area contributed by atoms with E-state index in [0.29, 0.717) is 6.04 Å². The third-order valence-electron chi connectivity index (χ3n) is 3.01. The Kier molecular flexibility index (Phi) is 7.34. The summed E-state index contributed by atoms with van der Waals surface area (Å²) >= 11 is 0. The lowest BCUT2D eigenvalue weighted by Crippen LogP contribution is -2.34. The van der Waals surface area contributed by atoms with Crippen LogP contribution in [0.25, 0.3) is 0 Å². The maximum Gasteiger partial charge on any atom is 0.161 e. The zero-order valence-corrected chi connectivity index (χ0v) is 12.6. The SMILES string of the molecule is CCCOc1ccccc1OC(C)CNC(C)CC. The molecule has 0 saturated carbocycles. The van der Waals surface area contributed by atoms with Gasteiger partial charge in [-0.25, -0.2) is 0 Å². The van der Waals surface area contributed by atoms with Gasteiger partial charge in [0.25, 0.3) is 0 Å². The Morgan fingerprint density at radius 3 is 2.42 bits per heavy atom. The molecule has 3 heteroatoms. The van der Waals surface area contributed by atoms with Gasteiger partial charge in [0.2, 0.25) is 0 Å². The summed E-state index contributed by atoms with van der Waals surface area (Å²) in [6.07, 6.45) is 2.25. The fraction of sp³-hybridized carbons (Fsp3) is 0.625. The first-order valence-electron chi connectivity index (χ1n) is 7.29. The summed E-state index contributed by atoms with van der Waals surface area (Å²) in [5, 5.41) is 3.45. The lowest BCUT2D eigenvalue weighted by Gasteiger charge is -2.20. The molecule has 0 bridgehead atoms. The van der Waals surface area contributed by atoms with Gasteiger partial charge in [-0.05, 0) is 38.8 Å². The molecule has 0 saturated heterocycles. The fourth-order valence-electron chi connectivity index (χ4n) is 1.65. The van der Waals surface area contributed by atoms with E-state index in [1.165, 1.54) is 0 Å². The number of nitrogens with one attached hydrogen (secondary N) is 1. The number of hydrogen-bond donors (Lipinski definition) is 1. The number of hydrogen-bond acceptors (Lipinski definition) is 3. The van der Waals surface area contributed by atoms with Gasteiger partial charge in [-0.15, -0.1) is 0 Å². The molecule has 3 nitrogen and oxygen atoms in total. The highest BCUT2D eigenvalue weighted by Crippen LogP contribution is 2.27. The molecule has 0 aliphatic rings. The van der Waals surface area contributed by atoms with Crippen molar-refractivity contribution in [1.82, 2.24) is 5.32 Å². The predicted octanol–water partition coefficient (Wildman–Crippen LogP) is 3.63. The van der Waals surface area contributed by atoms with Gasteiger partial charge < -0.3 is 14.8 Å². The summed E-state index contributed by atoms with van der Waals surface area (Å²) in [7, 11) is 0. The second-order valence-electron chi connectivity index (χ2n) is 4.94. The minimum Gasteiger partial charge on any atom is -0.490 e. The van der Waals surface area contributed by atoms with Gasteiger partial charge in [0.05, 0.1) is 6.61 Å². The van der Waals surface area contributed by atoms with Gasteiger partial charge in [-0.1, -0.05) is 26.0 Å². The second kappa shape index (κ2) is 8.81. The van der Waals surface area contributed by atoms with Crippen LogP contribution in [-0.4, -0.2) is 25.3 Å². The molecule has 0 radical (unpaired) electrons. The van der Waals surface area contributed by atoms with Crippen LogP contribution < -0.4 is 14.8 Å². The van der Waals surface area contributed by atoms with Crippen molar-refractivity contribution in [2.75, 3.05) is 13.2 Å². The molecular formula is C16H27NO2. The number of para-hydroxylation sites is 2. The Morgan fingerprint density at radius 1 is 1.11 bits per heavy atom. The average molecular weight is 265 g/mol. The van der Waals surface area contributed by atoms with Crippen molar-refractivity contribution in [3.63, 3.8) is 0 Å². The molecule has 19 heavy (non-hydrogen) atoms. The van der Waals surface area contributed by atoms with E-state index in [0.717, 1.165) is 37.5 Å². The third kappa shape index (κ3) is 5.97. The van der Waals surface area contributed by atoms with E-state index in [1.807, 2.05) is 24.3 Å². The topological polar surface area (TPSA) is 30.5 Å². The van der Waals surface area contributed by atoms with Crippen LogP contribution in [0.1, 0.15) is 40.5 Å². The van der Waals surface area contributed by atoms with Crippen molar-refractivity contribution in [2.45, 2.75) is 52.7 Å². The smallest absolute Gasteiger partial charge is 0.161 e. The van der Waals surface area contributed by atoms with Crippen LogP contribution in [0, 0.1) is 0 Å². The van der Waals surface area contributed by atoms with Gasteiger partial charge in [0.1, 0.15) is 6.10 Å². The number of benzene rings is 1. The first-order chi connectivity index (χ1) is 9.17. The maximum absolute atomic E-state index is 5.95. The van der Waals surface area contributed by atoms with Crippen molar-refractivity contribution in [3.8, 4) is 11.5 Å². The molecule has 0 spiro atoms. The zero-order chi connectivity index (χ0) is 14.1. The molecule has 0 aliphatic carbocycles. The van der Waals surface area contributed by atoms with Crippen molar-refractivity contribution < 1.29 is 9.47 Å². The quantitative estimate of drug-likeness (QED) is 0.739. The highest BCUT2D eigenvalue weighted by Gasteiger charge is 2.09. The summed E-state index contributed by atoms with van der Waals surface area (Å²) in [6, 6.07) is 8.39. The maximum atomic E-state index is 5.95. The van der Waals surface area contributed by atoms with Crippen LogP contribution >= 0.6 is 0 Å². The predicted molar refractivity (Wildman–Crippen MR) is 80.1 cm³/mol. The molecule has 0 aliphatic heterocycles. The van der Waals surface area contributed by atoms with E-state index in [2.05, 4.69) is 33.0 Å². The largest absolute Gasteiger partial charge is 0.490 e. The molecule has 1 aromatic carbocycles. The third-order valence-corrected chi connectivity index (χ3v) is 3.01. The van der Waals surface area contributed by atoms with E-state index >= 15 is 0 Å². The Morgan fingerprint density at radius 2 is 1.79 bits per heavy atom. The molecule has 0 aromatic heterocycles. The first kappa shape index (κ1) is 15.8. The summed E-state index contributed by atoms with van der Waals surface area (Å²) in [5.74, 6) is 1.66. The Hall–Kier alpha value is -1.22. The standard InChI is InChI=1S/C16H27NO2/c1-5-11-18-15-9-7-8-10-16(15)19-14(4)12-17-13(3)6-2/h7-10,13-14,17H,5-6,11-12H2,1-4H3. The highest BCUT2D eigenvalue weighted by atomic mass is 16.5. The minimum atomic E-state index is 0.125. The summed E-state index contributed by atoms with van der Waals surface area (Å²) in [5.41, 5.74) is 0. The van der Waals surface area contributed by atoms with Gasteiger partial charge in [-0.3, -0.25) is 0 Å². The summed E-state index contributed by atoms with van der Waals surface area (Å²) in [4.78, 5) is 0. The molecule has 1 N–H and O–H groups in total. The lowest BCUT2D eigenvalue weighted by atomic mass is 10.2. The van der Waals surface area contributed by atoms with Crippen LogP contribution in [0.2, 0.25) is 0 Å². The van der Waals surface area contributed by atoms with E-state index in [1.54, 1.807) is 0 Å². The fourth-order valence-corrected chi connectivity index (χ4v) is 1.65. The Labute approximate surface area is 117 Å². The van der Waals surface area contributed by atoms with Crippen molar-refractivity contribution in [3.05, 3.63) is 24.3 Å². The summed E-state index contributed by atoms with van der Waals surface area (Å²) in [6.45, 7) is 10.1. The van der Waals surface area contributed by atoms with E-state index < -0.39 is 0 Å². The molecule has 0 amide bonds. The normalized spacial score (nSPS) is 13.9. The van der Waals surface area contributed by atoms with E-state index in [4.69, 9.17) is 9.47 Å². The Balaban J connectivity index is 2.50. The van der Waals surface area contributed by atoms with Crippen molar-refractivity contribution >= 4 is 0 Å². The van der Waals surface area contributed by atoms with Gasteiger partial charge in [0.15, 0.2) is 11.5 Å². The summed E-state index contributed by atoms with van der Waals surface area (Å²) < 4.78 is 11.6. The zero-order valence-electron chi connectivity index (χ0n) is 12.6. The first-order valence-corrected chi connectivity index (χ1v) is 7.29. The van der Waals surface area contributed by atoms with Gasteiger partial charge in [-0.2, -0.15) is 0 Å². The molecule has 2 atom stereocenters. The molecular weight excluding hydrogens is 238 g/mol. The number of ether oxygens (including phenoxy) is 2. The molecule has 1 rings (SSSR count). The van der Waals surface area contributed by atoms with Gasteiger partial charge in [0, 0.05) is 12.6 Å². The monoisotopic (exact) mass is 265 g/mol. The second-order valence-corrected chi connectivity index (χ2v) is 4.94. The molecule has 0 heterocycles. The molecule has 1 aromatic rings. The highest BCUT2D eigenvalue weighted by molar-refractivity contribution is 5.39. The van der Waals surface area contributed by atoms with Crippen LogP contribution in [-0.2, 0) is 0 Å². The molecule has 0 fully saturated rings.